The fourth-order valence-electron chi connectivity index (χ4n) is 2.56. The van der Waals surface area contributed by atoms with Gasteiger partial charge >= 0.3 is 0 Å². The SMILES string of the molecule is Oc1ccc(C(O)(c2ccccc2)c2ccccc2)cc1. The highest BCUT2D eigenvalue weighted by Gasteiger charge is 2.33. The van der Waals surface area contributed by atoms with Gasteiger partial charge in [0.2, 0.25) is 0 Å². The van der Waals surface area contributed by atoms with Crippen LogP contribution in [0.3, 0.4) is 0 Å². The molecule has 0 amide bonds. The highest BCUT2D eigenvalue weighted by atomic mass is 16.3. The van der Waals surface area contributed by atoms with Gasteiger partial charge in [-0.15, -0.1) is 0 Å². The third-order valence-electron chi connectivity index (χ3n) is 3.67. The molecule has 21 heavy (non-hydrogen) atoms. The molecule has 2 nitrogen and oxygen atoms in total. The molecule has 104 valence electrons. The summed E-state index contributed by atoms with van der Waals surface area (Å²) in [4.78, 5) is 0. The first-order chi connectivity index (χ1) is 10.2. The summed E-state index contributed by atoms with van der Waals surface area (Å²) < 4.78 is 0. The molecule has 0 unspecified atom stereocenters. The van der Waals surface area contributed by atoms with Crippen molar-refractivity contribution in [2.24, 2.45) is 0 Å². The van der Waals surface area contributed by atoms with Crippen LogP contribution in [0.25, 0.3) is 0 Å². The van der Waals surface area contributed by atoms with Gasteiger partial charge in [0.1, 0.15) is 11.4 Å². The van der Waals surface area contributed by atoms with E-state index < -0.39 is 5.60 Å². The van der Waals surface area contributed by atoms with Gasteiger partial charge in [0.05, 0.1) is 0 Å². The first kappa shape index (κ1) is 13.4. The van der Waals surface area contributed by atoms with Crippen molar-refractivity contribution in [3.8, 4) is 5.75 Å². The number of benzene rings is 3. The average molecular weight is 276 g/mol. The van der Waals surface area contributed by atoms with Crippen molar-refractivity contribution < 1.29 is 10.2 Å². The maximum atomic E-state index is 11.4. The van der Waals surface area contributed by atoms with Crippen LogP contribution in [0.4, 0.5) is 0 Å². The fourth-order valence-corrected chi connectivity index (χ4v) is 2.56. The number of phenols is 1. The fraction of sp³-hybridized carbons (Fsp3) is 0.0526. The van der Waals surface area contributed by atoms with Crippen molar-refractivity contribution in [3.63, 3.8) is 0 Å². The van der Waals surface area contributed by atoms with Gasteiger partial charge in [0.15, 0.2) is 0 Å². The molecule has 3 rings (SSSR count). The molecule has 0 aromatic heterocycles. The molecule has 0 aliphatic heterocycles. The Morgan fingerprint density at radius 1 is 0.524 bits per heavy atom. The van der Waals surface area contributed by atoms with Gasteiger partial charge in [-0.1, -0.05) is 72.8 Å². The molecule has 0 spiro atoms. The zero-order chi connectivity index (χ0) is 14.7. The molecule has 0 heterocycles. The third-order valence-corrected chi connectivity index (χ3v) is 3.67. The molecule has 2 N–H and O–H groups in total. The van der Waals surface area contributed by atoms with Crippen molar-refractivity contribution >= 4 is 0 Å². The molecule has 0 aliphatic rings. The Kier molecular flexibility index (Phi) is 3.46. The molecule has 2 heteroatoms. The molecule has 0 aliphatic carbocycles. The minimum absolute atomic E-state index is 0.183. The lowest BCUT2D eigenvalue weighted by atomic mass is 9.80. The second-order valence-electron chi connectivity index (χ2n) is 4.99. The van der Waals surface area contributed by atoms with Gasteiger partial charge in [-0.2, -0.15) is 0 Å². The van der Waals surface area contributed by atoms with E-state index in [1.54, 1.807) is 24.3 Å². The zero-order valence-electron chi connectivity index (χ0n) is 11.5. The number of aliphatic hydroxyl groups is 1. The van der Waals surface area contributed by atoms with Crippen LogP contribution in [0.5, 0.6) is 5.75 Å². The predicted octanol–water partition coefficient (Wildman–Crippen LogP) is 3.68. The van der Waals surface area contributed by atoms with E-state index in [1.807, 2.05) is 60.7 Å². The molecule has 0 atom stereocenters. The summed E-state index contributed by atoms with van der Waals surface area (Å²) in [5.74, 6) is 0.183. The average Bonchev–Trinajstić information content (AvgIpc) is 2.56. The van der Waals surface area contributed by atoms with E-state index in [-0.39, 0.29) is 5.75 Å². The normalized spacial score (nSPS) is 11.3. The predicted molar refractivity (Wildman–Crippen MR) is 83.1 cm³/mol. The first-order valence-electron chi connectivity index (χ1n) is 6.84. The smallest absolute Gasteiger partial charge is 0.140 e. The van der Waals surface area contributed by atoms with Crippen LogP contribution in [-0.2, 0) is 5.60 Å². The Morgan fingerprint density at radius 3 is 1.33 bits per heavy atom. The Bertz CT molecular complexity index is 664. The van der Waals surface area contributed by atoms with E-state index in [4.69, 9.17) is 0 Å². The topological polar surface area (TPSA) is 40.5 Å². The second-order valence-corrected chi connectivity index (χ2v) is 4.99. The summed E-state index contributed by atoms with van der Waals surface area (Å²) in [5, 5.41) is 20.9. The molecule has 3 aromatic rings. The number of aromatic hydroxyl groups is 1. The highest BCUT2D eigenvalue weighted by Crippen LogP contribution is 2.36. The molecule has 0 saturated carbocycles. The van der Waals surface area contributed by atoms with Gasteiger partial charge in [0.25, 0.3) is 0 Å². The van der Waals surface area contributed by atoms with Crippen LogP contribution in [0.1, 0.15) is 16.7 Å². The van der Waals surface area contributed by atoms with Gasteiger partial charge < -0.3 is 10.2 Å². The van der Waals surface area contributed by atoms with Crippen molar-refractivity contribution in [2.75, 3.05) is 0 Å². The summed E-state index contributed by atoms with van der Waals surface area (Å²) >= 11 is 0. The number of hydrogen-bond acceptors (Lipinski definition) is 2. The van der Waals surface area contributed by atoms with Gasteiger partial charge in [-0.3, -0.25) is 0 Å². The van der Waals surface area contributed by atoms with Crippen molar-refractivity contribution in [1.29, 1.82) is 0 Å². The quantitative estimate of drug-likeness (QED) is 0.716. The summed E-state index contributed by atoms with van der Waals surface area (Å²) in [6.07, 6.45) is 0. The van der Waals surface area contributed by atoms with E-state index in [9.17, 15) is 10.2 Å². The molecular formula is C19H16O2. The van der Waals surface area contributed by atoms with Crippen molar-refractivity contribution in [2.45, 2.75) is 5.60 Å². The van der Waals surface area contributed by atoms with Gasteiger partial charge in [-0.25, -0.2) is 0 Å². The Morgan fingerprint density at radius 2 is 0.905 bits per heavy atom. The largest absolute Gasteiger partial charge is 0.508 e. The molecule has 3 aromatic carbocycles. The minimum Gasteiger partial charge on any atom is -0.508 e. The van der Waals surface area contributed by atoms with Crippen LogP contribution in [0, 0.1) is 0 Å². The monoisotopic (exact) mass is 276 g/mol. The van der Waals surface area contributed by atoms with Crippen LogP contribution in [-0.4, -0.2) is 10.2 Å². The minimum atomic E-state index is -1.24. The van der Waals surface area contributed by atoms with E-state index in [0.717, 1.165) is 16.7 Å². The molecule has 0 bridgehead atoms. The number of hydrogen-bond donors (Lipinski definition) is 2. The van der Waals surface area contributed by atoms with Crippen LogP contribution in [0.15, 0.2) is 84.9 Å². The Balaban J connectivity index is 2.23. The van der Waals surface area contributed by atoms with E-state index >= 15 is 0 Å². The van der Waals surface area contributed by atoms with Gasteiger partial charge in [-0.05, 0) is 28.8 Å². The van der Waals surface area contributed by atoms with Crippen LogP contribution < -0.4 is 0 Å². The van der Waals surface area contributed by atoms with Gasteiger partial charge in [0, 0.05) is 0 Å². The van der Waals surface area contributed by atoms with Crippen molar-refractivity contribution in [3.05, 3.63) is 102 Å². The van der Waals surface area contributed by atoms with Crippen molar-refractivity contribution in [1.82, 2.24) is 0 Å². The summed E-state index contributed by atoms with van der Waals surface area (Å²) in [6.45, 7) is 0. The molecule has 0 saturated heterocycles. The highest BCUT2D eigenvalue weighted by molar-refractivity contribution is 5.47. The van der Waals surface area contributed by atoms with Crippen LogP contribution >= 0.6 is 0 Å². The standard InChI is InChI=1S/C19H16O2/c20-18-13-11-17(12-14-18)19(21,15-7-3-1-4-8-15)16-9-5-2-6-10-16/h1-14,20-21H. The molecule has 0 fully saturated rings. The first-order valence-corrected chi connectivity index (χ1v) is 6.84. The summed E-state index contributed by atoms with van der Waals surface area (Å²) in [6, 6.07) is 25.8. The molecule has 0 radical (unpaired) electrons. The number of phenolic OH excluding ortho intramolecular Hbond substituents is 1. The maximum absolute atomic E-state index is 11.4. The third kappa shape index (κ3) is 2.41. The molecular weight excluding hydrogens is 260 g/mol. The zero-order valence-corrected chi connectivity index (χ0v) is 11.5. The van der Waals surface area contributed by atoms with E-state index in [2.05, 4.69) is 0 Å². The Labute approximate surface area is 123 Å². The van der Waals surface area contributed by atoms with E-state index in [1.165, 1.54) is 0 Å². The van der Waals surface area contributed by atoms with Crippen LogP contribution in [0.2, 0.25) is 0 Å². The number of rotatable bonds is 3. The second kappa shape index (κ2) is 5.43. The Hall–Kier alpha value is -2.58. The summed E-state index contributed by atoms with van der Waals surface area (Å²) in [5.41, 5.74) is 1.07. The summed E-state index contributed by atoms with van der Waals surface area (Å²) in [7, 11) is 0. The maximum Gasteiger partial charge on any atom is 0.140 e. The lowest BCUT2D eigenvalue weighted by molar-refractivity contribution is 0.125. The lowest BCUT2D eigenvalue weighted by Crippen LogP contribution is -2.28. The van der Waals surface area contributed by atoms with E-state index in [0.29, 0.717) is 0 Å². The lowest BCUT2D eigenvalue weighted by Gasteiger charge is -2.30.